The minimum Gasteiger partial charge on any atom is -0.455 e. The molecule has 0 unspecified atom stereocenters. The first-order valence-corrected chi connectivity index (χ1v) is 22.8. The number of nitro groups is 1. The SMILES string of the molecule is C=C(C)CCC1=C(CN2CCN(c3ccc(C(=O)NS(=O)(=O)c4ccc(NCC5CCC(C)CC5)c([N+](=O)[O-])c4)c(Oc4cnc5[nH]ccc5c4)c3)CC2)CCC(C)(C)C1. The lowest BCUT2D eigenvalue weighted by Crippen LogP contribution is -2.47. The highest BCUT2D eigenvalue weighted by atomic mass is 32.2. The molecular formula is C46H59N7O6S. The van der Waals surface area contributed by atoms with Gasteiger partial charge in [-0.25, -0.2) is 18.1 Å². The van der Waals surface area contributed by atoms with E-state index in [1.54, 1.807) is 41.6 Å². The Balaban J connectivity index is 1.08. The minimum atomic E-state index is -4.53. The van der Waals surface area contributed by atoms with Gasteiger partial charge in [-0.3, -0.25) is 19.8 Å². The molecule has 3 heterocycles. The van der Waals surface area contributed by atoms with Crippen LogP contribution in [0.5, 0.6) is 11.5 Å². The van der Waals surface area contributed by atoms with Crippen molar-refractivity contribution in [1.82, 2.24) is 19.6 Å². The van der Waals surface area contributed by atoms with Gasteiger partial charge in [0.25, 0.3) is 21.6 Å². The Labute approximate surface area is 353 Å². The van der Waals surface area contributed by atoms with E-state index in [2.05, 4.69) is 64.1 Å². The lowest BCUT2D eigenvalue weighted by molar-refractivity contribution is -0.384. The molecule has 1 aliphatic heterocycles. The van der Waals surface area contributed by atoms with Crippen molar-refractivity contribution in [1.29, 1.82) is 0 Å². The number of carbonyl (C=O) groups is 1. The van der Waals surface area contributed by atoms with Crippen molar-refractivity contribution in [3.05, 3.63) is 99.9 Å². The van der Waals surface area contributed by atoms with E-state index >= 15 is 0 Å². The summed E-state index contributed by atoms with van der Waals surface area (Å²) in [6.07, 6.45) is 13.2. The number of H-pyrrole nitrogens is 1. The van der Waals surface area contributed by atoms with Gasteiger partial charge >= 0.3 is 0 Å². The number of fused-ring (bicyclic) bond motifs is 1. The summed E-state index contributed by atoms with van der Waals surface area (Å²) in [5.74, 6) is 0.656. The van der Waals surface area contributed by atoms with Gasteiger partial charge in [0, 0.05) is 68.7 Å². The average molecular weight is 838 g/mol. The van der Waals surface area contributed by atoms with Crippen LogP contribution in [0.2, 0.25) is 0 Å². The second-order valence-electron chi connectivity index (χ2n) is 18.0. The largest absolute Gasteiger partial charge is 0.455 e. The number of hydrogen-bond acceptors (Lipinski definition) is 10. The van der Waals surface area contributed by atoms with Crippen LogP contribution in [-0.4, -0.2) is 73.4 Å². The predicted octanol–water partition coefficient (Wildman–Crippen LogP) is 9.61. The molecule has 60 heavy (non-hydrogen) atoms. The number of hydrogen-bond donors (Lipinski definition) is 3. The molecule has 14 heteroatoms. The first-order chi connectivity index (χ1) is 28.6. The highest BCUT2D eigenvalue weighted by Gasteiger charge is 2.30. The summed E-state index contributed by atoms with van der Waals surface area (Å²) >= 11 is 0. The molecule has 2 aromatic carbocycles. The molecule has 13 nitrogen and oxygen atoms in total. The molecule has 0 atom stereocenters. The highest BCUT2D eigenvalue weighted by Crippen LogP contribution is 2.41. The van der Waals surface area contributed by atoms with Crippen molar-refractivity contribution in [2.24, 2.45) is 17.3 Å². The monoisotopic (exact) mass is 837 g/mol. The smallest absolute Gasteiger partial charge is 0.293 e. The van der Waals surface area contributed by atoms with E-state index in [1.807, 2.05) is 6.07 Å². The van der Waals surface area contributed by atoms with Gasteiger partial charge in [-0.2, -0.15) is 0 Å². The molecule has 1 saturated heterocycles. The molecule has 7 rings (SSSR count). The summed E-state index contributed by atoms with van der Waals surface area (Å²) < 4.78 is 35.8. The normalized spacial score (nSPS) is 19.9. The number of allylic oxidation sites excluding steroid dienone is 2. The second-order valence-corrected chi connectivity index (χ2v) is 19.7. The summed E-state index contributed by atoms with van der Waals surface area (Å²) in [6, 6.07) is 12.4. The maximum Gasteiger partial charge on any atom is 0.293 e. The second kappa shape index (κ2) is 18.2. The van der Waals surface area contributed by atoms with E-state index < -0.39 is 25.7 Å². The van der Waals surface area contributed by atoms with Crippen LogP contribution in [0, 0.1) is 27.4 Å². The Morgan fingerprint density at radius 2 is 1.82 bits per heavy atom. The van der Waals surface area contributed by atoms with Crippen LogP contribution in [0.25, 0.3) is 11.0 Å². The van der Waals surface area contributed by atoms with Crippen molar-refractivity contribution < 1.29 is 22.9 Å². The van der Waals surface area contributed by atoms with E-state index in [0.29, 0.717) is 35.2 Å². The summed E-state index contributed by atoms with van der Waals surface area (Å²) in [4.78, 5) is 37.3. The maximum atomic E-state index is 13.9. The van der Waals surface area contributed by atoms with Gasteiger partial charge in [0.05, 0.1) is 21.6 Å². The average Bonchev–Trinajstić information content (AvgIpc) is 3.69. The Bertz CT molecular complexity index is 2370. The van der Waals surface area contributed by atoms with Crippen LogP contribution in [0.15, 0.2) is 89.1 Å². The zero-order valence-electron chi connectivity index (χ0n) is 35.4. The zero-order valence-corrected chi connectivity index (χ0v) is 36.2. The molecule has 1 saturated carbocycles. The standard InChI is InChI=1S/C46H59N7O6S/c1-31(2)6-11-35-27-46(4,5)18-16-36(35)30-51-20-22-52(23-21-51)37-12-14-40(43(25-37)59-38-24-34-17-19-47-44(34)49-29-38)45(54)50-60(57,58)39-13-15-41(42(26-39)53(55)56)48-28-33-9-7-32(3)8-10-33/h12-15,17,19,24-26,29,32-33,48H,1,6-11,16,18,20-23,27-28,30H2,2-5H3,(H,47,49)(H,50,54). The molecule has 1 amide bonds. The Morgan fingerprint density at radius 1 is 1.05 bits per heavy atom. The fourth-order valence-electron chi connectivity index (χ4n) is 8.80. The van der Waals surface area contributed by atoms with Gasteiger partial charge in [-0.15, -0.1) is 6.58 Å². The number of aromatic nitrogens is 2. The Morgan fingerprint density at radius 3 is 2.55 bits per heavy atom. The van der Waals surface area contributed by atoms with E-state index in [1.165, 1.54) is 30.3 Å². The number of nitrogens with zero attached hydrogens (tertiary/aromatic N) is 4. The predicted molar refractivity (Wildman–Crippen MR) is 237 cm³/mol. The number of carbonyl (C=O) groups excluding carboxylic acids is 1. The van der Waals surface area contributed by atoms with Crippen molar-refractivity contribution in [3.63, 3.8) is 0 Å². The zero-order chi connectivity index (χ0) is 42.6. The number of amides is 1. The van der Waals surface area contributed by atoms with E-state index in [4.69, 9.17) is 4.74 Å². The van der Waals surface area contributed by atoms with Gasteiger partial charge in [-0.1, -0.05) is 50.3 Å². The van der Waals surface area contributed by atoms with Gasteiger partial charge < -0.3 is 19.9 Å². The fourth-order valence-corrected chi connectivity index (χ4v) is 9.78. The quantitative estimate of drug-likeness (QED) is 0.0597. The summed E-state index contributed by atoms with van der Waals surface area (Å²) in [5, 5.41) is 16.1. The van der Waals surface area contributed by atoms with Crippen LogP contribution in [-0.2, 0) is 10.0 Å². The van der Waals surface area contributed by atoms with E-state index in [-0.39, 0.29) is 22.7 Å². The molecule has 3 aliphatic rings. The number of ether oxygens (including phenoxy) is 1. The topological polar surface area (TPSA) is 163 Å². The molecule has 0 bridgehead atoms. The van der Waals surface area contributed by atoms with Gasteiger partial charge in [-0.05, 0) is 106 Å². The van der Waals surface area contributed by atoms with Gasteiger partial charge in [0.1, 0.15) is 22.8 Å². The molecule has 320 valence electrons. The van der Waals surface area contributed by atoms with Crippen LogP contribution >= 0.6 is 0 Å². The number of nitro benzene ring substituents is 1. The highest BCUT2D eigenvalue weighted by molar-refractivity contribution is 7.90. The number of aromatic amines is 1. The van der Waals surface area contributed by atoms with E-state index in [9.17, 15) is 23.3 Å². The third-order valence-electron chi connectivity index (χ3n) is 12.5. The summed E-state index contributed by atoms with van der Waals surface area (Å²) in [7, 11) is -4.53. The number of nitrogens with one attached hydrogen (secondary N) is 3. The molecule has 3 N–H and O–H groups in total. The maximum absolute atomic E-state index is 13.9. The van der Waals surface area contributed by atoms with Gasteiger partial charge in [0.15, 0.2) is 0 Å². The molecule has 4 aromatic rings. The van der Waals surface area contributed by atoms with Crippen molar-refractivity contribution in [2.75, 3.05) is 49.5 Å². The van der Waals surface area contributed by atoms with Crippen molar-refractivity contribution in [2.45, 2.75) is 90.4 Å². The summed E-state index contributed by atoms with van der Waals surface area (Å²) in [6.45, 7) is 18.0. The number of piperazine rings is 1. The lowest BCUT2D eigenvalue weighted by Gasteiger charge is -2.39. The number of sulfonamides is 1. The van der Waals surface area contributed by atoms with Crippen molar-refractivity contribution in [3.8, 4) is 11.5 Å². The molecule has 0 spiro atoms. The molecule has 2 aromatic heterocycles. The third-order valence-corrected chi connectivity index (χ3v) is 13.9. The number of anilines is 2. The Kier molecular flexibility index (Phi) is 13.0. The first-order valence-electron chi connectivity index (χ1n) is 21.3. The molecule has 2 aliphatic carbocycles. The fraction of sp³-hybridized carbons (Fsp3) is 0.478. The third kappa shape index (κ3) is 10.6. The number of benzene rings is 2. The number of rotatable bonds is 15. The minimum absolute atomic E-state index is 0.0147. The van der Waals surface area contributed by atoms with Gasteiger partial charge in [0.2, 0.25) is 0 Å². The first kappa shape index (κ1) is 42.9. The van der Waals surface area contributed by atoms with Crippen molar-refractivity contribution >= 4 is 44.0 Å². The van der Waals surface area contributed by atoms with E-state index in [0.717, 1.165) is 101 Å². The lowest BCUT2D eigenvalue weighted by atomic mass is 9.73. The Hall–Kier alpha value is -5.21. The molecule has 2 fully saturated rings. The van der Waals surface area contributed by atoms with Crippen LogP contribution in [0.4, 0.5) is 17.1 Å². The summed E-state index contributed by atoms with van der Waals surface area (Å²) in [5.41, 5.74) is 6.06. The van der Waals surface area contributed by atoms with Crippen LogP contribution in [0.3, 0.4) is 0 Å². The molecule has 0 radical (unpaired) electrons. The number of pyridine rings is 1. The van der Waals surface area contributed by atoms with Crippen LogP contribution in [0.1, 0.15) is 95.8 Å². The van der Waals surface area contributed by atoms with Crippen LogP contribution < -0.4 is 19.7 Å². The molecular weight excluding hydrogens is 779 g/mol.